The van der Waals surface area contributed by atoms with E-state index in [1.165, 1.54) is 11.8 Å². The molecule has 0 radical (unpaired) electrons. The van der Waals surface area contributed by atoms with Crippen LogP contribution in [0, 0.1) is 6.92 Å². The van der Waals surface area contributed by atoms with E-state index in [2.05, 4.69) is 17.2 Å². The van der Waals surface area contributed by atoms with E-state index in [4.69, 9.17) is 0 Å². The number of hydrogen-bond acceptors (Lipinski definition) is 3. The number of nitrogens with zero attached hydrogens (tertiary/aromatic N) is 2. The van der Waals surface area contributed by atoms with E-state index in [1.54, 1.807) is 12.4 Å². The molecule has 0 aliphatic heterocycles. The molecule has 5 heteroatoms. The summed E-state index contributed by atoms with van der Waals surface area (Å²) in [6, 6.07) is 9.63. The van der Waals surface area contributed by atoms with Crippen molar-refractivity contribution in [1.82, 2.24) is 9.88 Å². The van der Waals surface area contributed by atoms with Crippen LogP contribution in [0.1, 0.15) is 30.5 Å². The number of aryl methyl sites for hydroxylation is 2. The lowest BCUT2D eigenvalue weighted by Crippen LogP contribution is -2.36. The van der Waals surface area contributed by atoms with Crippen molar-refractivity contribution in [3.63, 3.8) is 0 Å². The summed E-state index contributed by atoms with van der Waals surface area (Å²) < 4.78 is 0. The van der Waals surface area contributed by atoms with Gasteiger partial charge in [0.25, 0.3) is 0 Å². The van der Waals surface area contributed by atoms with E-state index >= 15 is 0 Å². The van der Waals surface area contributed by atoms with Gasteiger partial charge >= 0.3 is 0 Å². The Balaban J connectivity index is 2.08. The first-order valence-electron chi connectivity index (χ1n) is 8.04. The first kappa shape index (κ1) is 17.7. The second-order valence-electron chi connectivity index (χ2n) is 5.74. The fraction of sp³-hybridized carbons (Fsp3) is 0.316. The smallest absolute Gasteiger partial charge is 0.244 e. The lowest BCUT2D eigenvalue weighted by atomic mass is 10.1. The van der Waals surface area contributed by atoms with Gasteiger partial charge in [0.1, 0.15) is 6.54 Å². The molecule has 2 amide bonds. The predicted octanol–water partition coefficient (Wildman–Crippen LogP) is 2.94. The molecule has 0 fully saturated rings. The molecule has 0 aliphatic carbocycles. The minimum Gasteiger partial charge on any atom is -0.329 e. The SMILES string of the molecule is CCc1cccc(C)c1NC(=O)CN(Cc1ccncc1)C(C)=O. The number of carbonyl (C=O) groups excluding carboxylic acids is 2. The second-order valence-corrected chi connectivity index (χ2v) is 5.74. The minimum atomic E-state index is -0.191. The molecule has 0 aliphatic rings. The van der Waals surface area contributed by atoms with Crippen LogP contribution in [0.25, 0.3) is 0 Å². The van der Waals surface area contributed by atoms with Crippen LogP contribution in [-0.4, -0.2) is 28.2 Å². The Bertz CT molecular complexity index is 714. The van der Waals surface area contributed by atoms with Crippen molar-refractivity contribution in [2.75, 3.05) is 11.9 Å². The van der Waals surface area contributed by atoms with Crippen LogP contribution in [0.2, 0.25) is 0 Å². The Morgan fingerprint density at radius 1 is 1.17 bits per heavy atom. The van der Waals surface area contributed by atoms with Gasteiger partial charge in [-0.25, -0.2) is 0 Å². The van der Waals surface area contributed by atoms with Crippen molar-refractivity contribution in [3.8, 4) is 0 Å². The number of pyridine rings is 1. The fourth-order valence-corrected chi connectivity index (χ4v) is 2.54. The highest BCUT2D eigenvalue weighted by molar-refractivity contribution is 5.95. The highest BCUT2D eigenvalue weighted by Crippen LogP contribution is 2.21. The maximum absolute atomic E-state index is 12.4. The number of rotatable bonds is 6. The summed E-state index contributed by atoms with van der Waals surface area (Å²) in [6.07, 6.45) is 4.19. The molecular weight excluding hydrogens is 302 g/mol. The summed E-state index contributed by atoms with van der Waals surface area (Å²) in [7, 11) is 0. The molecule has 0 unspecified atom stereocenters. The summed E-state index contributed by atoms with van der Waals surface area (Å²) in [5, 5.41) is 2.96. The number of benzene rings is 1. The third-order valence-corrected chi connectivity index (χ3v) is 3.91. The van der Waals surface area contributed by atoms with Gasteiger partial charge in [-0.2, -0.15) is 0 Å². The maximum Gasteiger partial charge on any atom is 0.244 e. The number of nitrogens with one attached hydrogen (secondary N) is 1. The van der Waals surface area contributed by atoms with Crippen LogP contribution in [0.4, 0.5) is 5.69 Å². The molecule has 24 heavy (non-hydrogen) atoms. The number of anilines is 1. The van der Waals surface area contributed by atoms with Crippen LogP contribution in [0.3, 0.4) is 0 Å². The number of hydrogen-bond donors (Lipinski definition) is 1. The summed E-state index contributed by atoms with van der Waals surface area (Å²) in [5.41, 5.74) is 3.90. The van der Waals surface area contributed by atoms with Gasteiger partial charge in [-0.15, -0.1) is 0 Å². The van der Waals surface area contributed by atoms with E-state index in [0.717, 1.165) is 28.8 Å². The summed E-state index contributed by atoms with van der Waals surface area (Å²) in [5.74, 6) is -0.328. The largest absolute Gasteiger partial charge is 0.329 e. The average Bonchev–Trinajstić information content (AvgIpc) is 2.57. The highest BCUT2D eigenvalue weighted by atomic mass is 16.2. The molecule has 1 aromatic carbocycles. The lowest BCUT2D eigenvalue weighted by Gasteiger charge is -2.21. The zero-order valence-electron chi connectivity index (χ0n) is 14.4. The van der Waals surface area contributed by atoms with Gasteiger partial charge in [0.15, 0.2) is 0 Å². The number of amides is 2. The van der Waals surface area contributed by atoms with Crippen LogP contribution < -0.4 is 5.32 Å². The number of aromatic nitrogens is 1. The molecule has 5 nitrogen and oxygen atoms in total. The highest BCUT2D eigenvalue weighted by Gasteiger charge is 2.16. The topological polar surface area (TPSA) is 62.3 Å². The van der Waals surface area contributed by atoms with Gasteiger partial charge < -0.3 is 10.2 Å². The number of para-hydroxylation sites is 1. The van der Waals surface area contributed by atoms with Gasteiger partial charge in [-0.1, -0.05) is 25.1 Å². The van der Waals surface area contributed by atoms with E-state index in [-0.39, 0.29) is 18.4 Å². The normalized spacial score (nSPS) is 10.3. The Hall–Kier alpha value is -2.69. The number of carbonyl (C=O) groups is 2. The van der Waals surface area contributed by atoms with Crippen molar-refractivity contribution in [1.29, 1.82) is 0 Å². The van der Waals surface area contributed by atoms with Crippen molar-refractivity contribution >= 4 is 17.5 Å². The van der Waals surface area contributed by atoms with Gasteiger partial charge in [0, 0.05) is 31.5 Å². The van der Waals surface area contributed by atoms with E-state index < -0.39 is 0 Å². The molecule has 1 aromatic heterocycles. The van der Waals surface area contributed by atoms with E-state index in [9.17, 15) is 9.59 Å². The van der Waals surface area contributed by atoms with Crippen molar-refractivity contribution in [2.45, 2.75) is 33.7 Å². The minimum absolute atomic E-state index is 0.0230. The van der Waals surface area contributed by atoms with E-state index in [0.29, 0.717) is 6.54 Å². The Labute approximate surface area is 142 Å². The van der Waals surface area contributed by atoms with Crippen LogP contribution in [0.5, 0.6) is 0 Å². The summed E-state index contributed by atoms with van der Waals surface area (Å²) >= 11 is 0. The molecule has 0 spiro atoms. The van der Waals surface area contributed by atoms with Crippen LogP contribution in [0.15, 0.2) is 42.7 Å². The van der Waals surface area contributed by atoms with E-state index in [1.807, 2.05) is 37.3 Å². The molecule has 2 aromatic rings. The molecular formula is C19H23N3O2. The standard InChI is InChI=1S/C19H23N3O2/c1-4-17-7-5-6-14(2)19(17)21-18(24)13-22(15(3)23)12-16-8-10-20-11-9-16/h5-11H,4,12-13H2,1-3H3,(H,21,24). The van der Waals surface area contributed by atoms with Crippen molar-refractivity contribution in [2.24, 2.45) is 0 Å². The molecule has 126 valence electrons. The second kappa shape index (κ2) is 8.24. The molecule has 0 atom stereocenters. The Morgan fingerprint density at radius 2 is 1.88 bits per heavy atom. The third kappa shape index (κ3) is 4.65. The third-order valence-electron chi connectivity index (χ3n) is 3.91. The average molecular weight is 325 g/mol. The van der Waals surface area contributed by atoms with Crippen molar-refractivity contribution in [3.05, 3.63) is 59.4 Å². The quantitative estimate of drug-likeness (QED) is 0.888. The predicted molar refractivity (Wildman–Crippen MR) is 94.5 cm³/mol. The summed E-state index contributed by atoms with van der Waals surface area (Å²) in [6.45, 7) is 5.90. The van der Waals surface area contributed by atoms with Crippen LogP contribution >= 0.6 is 0 Å². The fourth-order valence-electron chi connectivity index (χ4n) is 2.54. The zero-order chi connectivity index (χ0) is 17.5. The summed E-state index contributed by atoms with van der Waals surface area (Å²) in [4.78, 5) is 29.8. The monoisotopic (exact) mass is 325 g/mol. The van der Waals surface area contributed by atoms with Gasteiger partial charge in [-0.05, 0) is 42.2 Å². The zero-order valence-corrected chi connectivity index (χ0v) is 14.4. The first-order chi connectivity index (χ1) is 11.5. The first-order valence-corrected chi connectivity index (χ1v) is 8.04. The lowest BCUT2D eigenvalue weighted by molar-refractivity contribution is -0.133. The maximum atomic E-state index is 12.4. The molecule has 1 N–H and O–H groups in total. The van der Waals surface area contributed by atoms with Crippen molar-refractivity contribution < 1.29 is 9.59 Å². The Kier molecular flexibility index (Phi) is 6.07. The molecule has 0 bridgehead atoms. The molecule has 2 rings (SSSR count). The van der Waals surface area contributed by atoms with Gasteiger partial charge in [-0.3, -0.25) is 14.6 Å². The molecule has 0 saturated heterocycles. The van der Waals surface area contributed by atoms with Crippen LogP contribution in [-0.2, 0) is 22.6 Å². The Morgan fingerprint density at radius 3 is 2.50 bits per heavy atom. The molecule has 0 saturated carbocycles. The van der Waals surface area contributed by atoms with Gasteiger partial charge in [0.05, 0.1) is 0 Å². The molecule has 1 heterocycles. The van der Waals surface area contributed by atoms with Gasteiger partial charge in [0.2, 0.25) is 11.8 Å².